The smallest absolute Gasteiger partial charge is 0.191 e. The van der Waals surface area contributed by atoms with E-state index in [0.29, 0.717) is 13.2 Å². The SMILES string of the molecule is CCc1nncn1CCNC(=NC)NCCOc1ccc(OC)cc1.I. The average Bonchev–Trinajstić information content (AvgIpc) is 3.11. The van der Waals surface area contributed by atoms with Crippen molar-refractivity contribution in [1.82, 2.24) is 25.4 Å². The Hall–Kier alpha value is -2.04. The van der Waals surface area contributed by atoms with Crippen LogP contribution in [0.3, 0.4) is 0 Å². The topological polar surface area (TPSA) is 85.6 Å². The van der Waals surface area contributed by atoms with Gasteiger partial charge >= 0.3 is 0 Å². The molecule has 144 valence electrons. The molecule has 1 heterocycles. The second kappa shape index (κ2) is 12.3. The van der Waals surface area contributed by atoms with Gasteiger partial charge < -0.3 is 24.7 Å². The van der Waals surface area contributed by atoms with Gasteiger partial charge in [-0.05, 0) is 24.3 Å². The third-order valence-corrected chi connectivity index (χ3v) is 3.60. The molecule has 1 aromatic carbocycles. The zero-order valence-corrected chi connectivity index (χ0v) is 17.8. The molecule has 0 aliphatic carbocycles. The third kappa shape index (κ3) is 7.06. The molecule has 0 amide bonds. The quantitative estimate of drug-likeness (QED) is 0.249. The number of hydrogen-bond acceptors (Lipinski definition) is 5. The number of aromatic nitrogens is 3. The zero-order chi connectivity index (χ0) is 17.9. The first-order valence-corrected chi connectivity index (χ1v) is 8.34. The van der Waals surface area contributed by atoms with Crippen molar-refractivity contribution in [3.63, 3.8) is 0 Å². The van der Waals surface area contributed by atoms with E-state index in [1.165, 1.54) is 0 Å². The van der Waals surface area contributed by atoms with Gasteiger partial charge in [0.25, 0.3) is 0 Å². The summed E-state index contributed by atoms with van der Waals surface area (Å²) in [7, 11) is 3.39. The Morgan fingerprint density at radius 2 is 1.85 bits per heavy atom. The summed E-state index contributed by atoms with van der Waals surface area (Å²) in [5.74, 6) is 3.35. The maximum atomic E-state index is 5.67. The number of guanidine groups is 1. The van der Waals surface area contributed by atoms with E-state index < -0.39 is 0 Å². The maximum absolute atomic E-state index is 5.67. The molecule has 0 radical (unpaired) electrons. The highest BCUT2D eigenvalue weighted by Crippen LogP contribution is 2.16. The Bertz CT molecular complexity index is 660. The molecule has 0 spiro atoms. The van der Waals surface area contributed by atoms with Gasteiger partial charge in [-0.3, -0.25) is 4.99 Å². The number of aryl methyl sites for hydroxylation is 1. The van der Waals surface area contributed by atoms with E-state index in [-0.39, 0.29) is 24.0 Å². The molecule has 9 heteroatoms. The van der Waals surface area contributed by atoms with E-state index in [1.807, 2.05) is 28.8 Å². The molecule has 0 aliphatic rings. The van der Waals surface area contributed by atoms with Crippen LogP contribution in [0.5, 0.6) is 11.5 Å². The van der Waals surface area contributed by atoms with Crippen molar-refractivity contribution in [3.05, 3.63) is 36.4 Å². The molecule has 0 aliphatic heterocycles. The Balaban J connectivity index is 0.00000338. The monoisotopic (exact) mass is 474 g/mol. The molecule has 8 nitrogen and oxygen atoms in total. The first kappa shape index (κ1) is 22.0. The van der Waals surface area contributed by atoms with Crippen LogP contribution in [-0.2, 0) is 13.0 Å². The molecule has 2 rings (SSSR count). The minimum atomic E-state index is 0. The lowest BCUT2D eigenvalue weighted by atomic mass is 10.3. The third-order valence-electron chi connectivity index (χ3n) is 3.60. The van der Waals surface area contributed by atoms with Crippen LogP contribution in [-0.4, -0.2) is 54.6 Å². The van der Waals surface area contributed by atoms with Gasteiger partial charge in [0.1, 0.15) is 30.3 Å². The van der Waals surface area contributed by atoms with Crippen LogP contribution in [0.15, 0.2) is 35.6 Å². The molecular formula is C17H27IN6O2. The van der Waals surface area contributed by atoms with E-state index in [0.717, 1.165) is 42.8 Å². The summed E-state index contributed by atoms with van der Waals surface area (Å²) in [4.78, 5) is 4.20. The number of aliphatic imine (C=N–C) groups is 1. The van der Waals surface area contributed by atoms with Crippen LogP contribution in [0.25, 0.3) is 0 Å². The first-order chi connectivity index (χ1) is 12.3. The lowest BCUT2D eigenvalue weighted by Crippen LogP contribution is -2.40. The van der Waals surface area contributed by atoms with Crippen molar-refractivity contribution in [2.75, 3.05) is 33.9 Å². The highest BCUT2D eigenvalue weighted by Gasteiger charge is 2.02. The van der Waals surface area contributed by atoms with Crippen LogP contribution in [0, 0.1) is 0 Å². The largest absolute Gasteiger partial charge is 0.497 e. The van der Waals surface area contributed by atoms with Gasteiger partial charge in [-0.2, -0.15) is 0 Å². The predicted octanol–water partition coefficient (Wildman–Crippen LogP) is 1.71. The van der Waals surface area contributed by atoms with E-state index in [9.17, 15) is 0 Å². The molecular weight excluding hydrogens is 447 g/mol. The average molecular weight is 474 g/mol. The number of hydrogen-bond donors (Lipinski definition) is 2. The fourth-order valence-corrected chi connectivity index (χ4v) is 2.27. The molecule has 2 N–H and O–H groups in total. The second-order valence-corrected chi connectivity index (χ2v) is 5.24. The van der Waals surface area contributed by atoms with Gasteiger partial charge in [0.2, 0.25) is 0 Å². The van der Waals surface area contributed by atoms with Crippen molar-refractivity contribution in [3.8, 4) is 11.5 Å². The minimum Gasteiger partial charge on any atom is -0.497 e. The fraction of sp³-hybridized carbons (Fsp3) is 0.471. The number of benzene rings is 1. The predicted molar refractivity (Wildman–Crippen MR) is 113 cm³/mol. The summed E-state index contributed by atoms with van der Waals surface area (Å²) in [6, 6.07) is 7.52. The van der Waals surface area contributed by atoms with Gasteiger partial charge in [0.05, 0.1) is 13.7 Å². The Kier molecular flexibility index (Phi) is 10.4. The number of nitrogens with one attached hydrogen (secondary N) is 2. The van der Waals surface area contributed by atoms with Gasteiger partial charge in [0, 0.05) is 26.6 Å². The second-order valence-electron chi connectivity index (χ2n) is 5.24. The summed E-state index contributed by atoms with van der Waals surface area (Å²) < 4.78 is 12.8. The molecule has 26 heavy (non-hydrogen) atoms. The molecule has 0 atom stereocenters. The molecule has 0 unspecified atom stereocenters. The van der Waals surface area contributed by atoms with Crippen molar-refractivity contribution < 1.29 is 9.47 Å². The van der Waals surface area contributed by atoms with Crippen LogP contribution in [0.1, 0.15) is 12.7 Å². The van der Waals surface area contributed by atoms with Crippen LogP contribution < -0.4 is 20.1 Å². The summed E-state index contributed by atoms with van der Waals surface area (Å²) in [6.45, 7) is 4.79. The zero-order valence-electron chi connectivity index (χ0n) is 15.4. The van der Waals surface area contributed by atoms with Gasteiger partial charge in [0.15, 0.2) is 5.96 Å². The summed E-state index contributed by atoms with van der Waals surface area (Å²) in [6.07, 6.45) is 2.62. The molecule has 0 saturated heterocycles. The number of methoxy groups -OCH3 is 1. The van der Waals surface area contributed by atoms with E-state index >= 15 is 0 Å². The first-order valence-electron chi connectivity index (χ1n) is 8.34. The molecule has 0 saturated carbocycles. The van der Waals surface area contributed by atoms with Crippen molar-refractivity contribution in [1.29, 1.82) is 0 Å². The lowest BCUT2D eigenvalue weighted by Gasteiger charge is -2.13. The van der Waals surface area contributed by atoms with E-state index in [4.69, 9.17) is 9.47 Å². The van der Waals surface area contributed by atoms with E-state index in [1.54, 1.807) is 20.5 Å². The highest BCUT2D eigenvalue weighted by molar-refractivity contribution is 14.0. The summed E-state index contributed by atoms with van der Waals surface area (Å²) in [5, 5.41) is 14.5. The van der Waals surface area contributed by atoms with Gasteiger partial charge in [-0.1, -0.05) is 6.92 Å². The number of halogens is 1. The Labute approximate surface area is 171 Å². The standard InChI is InChI=1S/C17H26N6O2.HI/c1-4-16-22-21-13-23(16)11-9-19-17(18-2)20-10-12-25-15-7-5-14(24-3)6-8-15;/h5-8,13H,4,9-12H2,1-3H3,(H2,18,19,20);1H. The van der Waals surface area contributed by atoms with Crippen molar-refractivity contribution in [2.45, 2.75) is 19.9 Å². The molecule has 2 aromatic rings. The Morgan fingerprint density at radius 1 is 1.15 bits per heavy atom. The van der Waals surface area contributed by atoms with Gasteiger partial charge in [-0.15, -0.1) is 34.2 Å². The van der Waals surface area contributed by atoms with Crippen molar-refractivity contribution in [2.24, 2.45) is 4.99 Å². The van der Waals surface area contributed by atoms with Crippen LogP contribution in [0.4, 0.5) is 0 Å². The summed E-state index contributed by atoms with van der Waals surface area (Å²) >= 11 is 0. The molecule has 0 bridgehead atoms. The number of nitrogens with zero attached hydrogens (tertiary/aromatic N) is 4. The van der Waals surface area contributed by atoms with Crippen molar-refractivity contribution >= 4 is 29.9 Å². The molecule has 0 fully saturated rings. The van der Waals surface area contributed by atoms with Crippen LogP contribution >= 0.6 is 24.0 Å². The fourth-order valence-electron chi connectivity index (χ4n) is 2.27. The van der Waals surface area contributed by atoms with Crippen LogP contribution in [0.2, 0.25) is 0 Å². The Morgan fingerprint density at radius 3 is 2.50 bits per heavy atom. The molecule has 1 aromatic heterocycles. The van der Waals surface area contributed by atoms with Gasteiger partial charge in [-0.25, -0.2) is 0 Å². The number of ether oxygens (including phenoxy) is 2. The highest BCUT2D eigenvalue weighted by atomic mass is 127. The van der Waals surface area contributed by atoms with E-state index in [2.05, 4.69) is 32.7 Å². The minimum absolute atomic E-state index is 0. The lowest BCUT2D eigenvalue weighted by molar-refractivity contribution is 0.321. The normalized spacial score (nSPS) is 10.8. The maximum Gasteiger partial charge on any atom is 0.191 e. The number of rotatable bonds is 9. The summed E-state index contributed by atoms with van der Waals surface area (Å²) in [5.41, 5.74) is 0.